The Morgan fingerprint density at radius 3 is 2.55 bits per heavy atom. The molecule has 4 rings (SSSR count). The van der Waals surface area contributed by atoms with Crippen molar-refractivity contribution in [2.24, 2.45) is 0 Å². The summed E-state index contributed by atoms with van der Waals surface area (Å²) in [5.74, 6) is -0.318. The van der Waals surface area contributed by atoms with Crippen LogP contribution in [0.4, 0.5) is 5.69 Å². The predicted octanol–water partition coefficient (Wildman–Crippen LogP) is 5.40. The van der Waals surface area contributed by atoms with Crippen LogP contribution >= 0.6 is 11.3 Å². The molecule has 7 heteroatoms. The molecule has 1 aliphatic heterocycles. The number of amides is 1. The minimum atomic E-state index is -0.747. The number of aryl methyl sites for hydroxylation is 2. The lowest BCUT2D eigenvalue weighted by atomic mass is 9.95. The summed E-state index contributed by atoms with van der Waals surface area (Å²) >= 11 is 1.42. The summed E-state index contributed by atoms with van der Waals surface area (Å²) in [7, 11) is 1.58. The molecule has 0 saturated carbocycles. The first-order valence-corrected chi connectivity index (χ1v) is 11.5. The van der Waals surface area contributed by atoms with Gasteiger partial charge in [0.1, 0.15) is 23.3 Å². The van der Waals surface area contributed by atoms with E-state index in [1.54, 1.807) is 37.4 Å². The van der Waals surface area contributed by atoms with E-state index < -0.39 is 17.7 Å². The van der Waals surface area contributed by atoms with Gasteiger partial charge in [-0.1, -0.05) is 12.1 Å². The second kappa shape index (κ2) is 9.11. The molecule has 1 unspecified atom stereocenters. The number of carbonyl (C=O) groups excluding carboxylic acids is 2. The van der Waals surface area contributed by atoms with Gasteiger partial charge in [-0.25, -0.2) is 0 Å². The molecule has 2 heterocycles. The molecule has 1 N–H and O–H groups in total. The topological polar surface area (TPSA) is 76.1 Å². The number of methoxy groups -OCH3 is 1. The molecule has 6 nitrogen and oxygen atoms in total. The van der Waals surface area contributed by atoms with Gasteiger partial charge < -0.3 is 14.6 Å². The summed E-state index contributed by atoms with van der Waals surface area (Å²) in [4.78, 5) is 28.7. The maximum absolute atomic E-state index is 13.3. The van der Waals surface area contributed by atoms with Crippen LogP contribution in [-0.4, -0.2) is 30.5 Å². The standard InChI is InChI=1S/C26H25NO5S/c1-5-32-18-9-6-8-17(14-18)27-23(21-10-7-11-33-21)22(25(29)26(27)30)24(28)19-12-16(3)20(31-4)13-15(19)2/h6-14,23,28H,5H2,1-4H3/b24-22-. The first-order valence-electron chi connectivity index (χ1n) is 10.6. The fraction of sp³-hybridized carbons (Fsp3) is 0.231. The zero-order valence-corrected chi connectivity index (χ0v) is 19.7. The van der Waals surface area contributed by atoms with E-state index in [4.69, 9.17) is 9.47 Å². The molecule has 3 aromatic rings. The Kier molecular flexibility index (Phi) is 6.24. The number of thiophene rings is 1. The van der Waals surface area contributed by atoms with E-state index in [1.165, 1.54) is 16.2 Å². The van der Waals surface area contributed by atoms with Crippen LogP contribution in [0.25, 0.3) is 5.76 Å². The smallest absolute Gasteiger partial charge is 0.300 e. The summed E-state index contributed by atoms with van der Waals surface area (Å²) in [5, 5.41) is 13.3. The number of ether oxygens (including phenoxy) is 2. The molecule has 1 amide bonds. The highest BCUT2D eigenvalue weighted by molar-refractivity contribution is 7.10. The quantitative estimate of drug-likeness (QED) is 0.301. The number of nitrogens with zero attached hydrogens (tertiary/aromatic N) is 1. The number of rotatable bonds is 6. The van der Waals surface area contributed by atoms with E-state index in [9.17, 15) is 14.7 Å². The Labute approximate surface area is 196 Å². The van der Waals surface area contributed by atoms with Gasteiger partial charge in [-0.05, 0) is 67.6 Å². The lowest BCUT2D eigenvalue weighted by molar-refractivity contribution is -0.132. The van der Waals surface area contributed by atoms with Gasteiger partial charge in [0.25, 0.3) is 11.7 Å². The Hall–Kier alpha value is -3.58. The third-order valence-electron chi connectivity index (χ3n) is 5.66. The van der Waals surface area contributed by atoms with Crippen LogP contribution in [0, 0.1) is 13.8 Å². The summed E-state index contributed by atoms with van der Waals surface area (Å²) in [6.45, 7) is 6.05. The molecular weight excluding hydrogens is 438 g/mol. The van der Waals surface area contributed by atoms with E-state index in [-0.39, 0.29) is 11.3 Å². The van der Waals surface area contributed by atoms with Gasteiger partial charge in [0.15, 0.2) is 0 Å². The van der Waals surface area contributed by atoms with E-state index in [0.29, 0.717) is 29.4 Å². The van der Waals surface area contributed by atoms with Crippen LogP contribution in [0.3, 0.4) is 0 Å². The molecule has 0 spiro atoms. The van der Waals surface area contributed by atoms with Gasteiger partial charge >= 0.3 is 0 Å². The number of ketones is 1. The van der Waals surface area contributed by atoms with Gasteiger partial charge in [-0.2, -0.15) is 0 Å². The fourth-order valence-corrected chi connectivity index (χ4v) is 4.94. The monoisotopic (exact) mass is 463 g/mol. The van der Waals surface area contributed by atoms with E-state index in [2.05, 4.69) is 0 Å². The van der Waals surface area contributed by atoms with Crippen LogP contribution in [0.2, 0.25) is 0 Å². The molecule has 170 valence electrons. The SMILES string of the molecule is CCOc1cccc(N2C(=O)C(=O)/C(=C(\O)c3cc(C)c(OC)cc3C)C2c2cccs2)c1. The van der Waals surface area contributed by atoms with Crippen molar-refractivity contribution in [3.05, 3.63) is 81.1 Å². The lowest BCUT2D eigenvalue weighted by Gasteiger charge is -2.24. The molecule has 1 fully saturated rings. The average molecular weight is 464 g/mol. The number of aliphatic hydroxyl groups is 1. The van der Waals surface area contributed by atoms with Crippen LogP contribution in [-0.2, 0) is 9.59 Å². The highest BCUT2D eigenvalue weighted by Crippen LogP contribution is 2.44. The van der Waals surface area contributed by atoms with Crippen molar-refractivity contribution < 1.29 is 24.2 Å². The first kappa shape index (κ1) is 22.6. The molecule has 0 radical (unpaired) electrons. The summed E-state index contributed by atoms with van der Waals surface area (Å²) in [6, 6.07) is 13.6. The number of anilines is 1. The van der Waals surface area contributed by atoms with Crippen molar-refractivity contribution in [3.8, 4) is 11.5 Å². The summed E-state index contributed by atoms with van der Waals surface area (Å²) in [6.07, 6.45) is 0. The highest BCUT2D eigenvalue weighted by Gasteiger charge is 2.47. The van der Waals surface area contributed by atoms with Gasteiger partial charge in [-0.15, -0.1) is 11.3 Å². The van der Waals surface area contributed by atoms with Crippen molar-refractivity contribution in [3.63, 3.8) is 0 Å². The Morgan fingerprint density at radius 1 is 1.09 bits per heavy atom. The average Bonchev–Trinajstić information content (AvgIpc) is 3.42. The number of carbonyl (C=O) groups is 2. The predicted molar refractivity (Wildman–Crippen MR) is 129 cm³/mol. The zero-order chi connectivity index (χ0) is 23.7. The number of hydrogen-bond donors (Lipinski definition) is 1. The first-order chi connectivity index (χ1) is 15.9. The van der Waals surface area contributed by atoms with Gasteiger partial charge in [0, 0.05) is 22.2 Å². The van der Waals surface area contributed by atoms with Crippen molar-refractivity contribution in [1.82, 2.24) is 0 Å². The minimum absolute atomic E-state index is 0.0666. The van der Waals surface area contributed by atoms with Gasteiger partial charge in [0.2, 0.25) is 0 Å². The van der Waals surface area contributed by atoms with Crippen LogP contribution in [0.15, 0.2) is 59.5 Å². The number of benzene rings is 2. The van der Waals surface area contributed by atoms with Crippen molar-refractivity contribution in [2.45, 2.75) is 26.8 Å². The summed E-state index contributed by atoms with van der Waals surface area (Å²) in [5.41, 5.74) is 2.65. The van der Waals surface area contributed by atoms with Crippen LogP contribution in [0.5, 0.6) is 11.5 Å². The third-order valence-corrected chi connectivity index (χ3v) is 6.59. The molecular formula is C26H25NO5S. The Morgan fingerprint density at radius 2 is 1.88 bits per heavy atom. The van der Waals surface area contributed by atoms with Crippen LogP contribution < -0.4 is 14.4 Å². The van der Waals surface area contributed by atoms with E-state index in [1.807, 2.05) is 44.4 Å². The van der Waals surface area contributed by atoms with E-state index >= 15 is 0 Å². The van der Waals surface area contributed by atoms with Crippen molar-refractivity contribution in [2.75, 3.05) is 18.6 Å². The second-order valence-corrected chi connectivity index (χ2v) is 8.73. The summed E-state index contributed by atoms with van der Waals surface area (Å²) < 4.78 is 11.0. The second-order valence-electron chi connectivity index (χ2n) is 7.75. The van der Waals surface area contributed by atoms with Crippen molar-refractivity contribution >= 4 is 34.5 Å². The van der Waals surface area contributed by atoms with Gasteiger partial charge in [-0.3, -0.25) is 14.5 Å². The normalized spacial score (nSPS) is 17.5. The molecule has 1 aliphatic rings. The van der Waals surface area contributed by atoms with Gasteiger partial charge in [0.05, 0.1) is 19.3 Å². The molecule has 1 atom stereocenters. The fourth-order valence-electron chi connectivity index (χ4n) is 4.11. The number of hydrogen-bond acceptors (Lipinski definition) is 6. The van der Waals surface area contributed by atoms with Crippen molar-refractivity contribution in [1.29, 1.82) is 0 Å². The van der Waals surface area contributed by atoms with E-state index in [0.717, 1.165) is 16.0 Å². The Balaban J connectivity index is 1.92. The zero-order valence-electron chi connectivity index (χ0n) is 18.9. The number of Topliss-reactive ketones (excluding diaryl/α,β-unsaturated/α-hetero) is 1. The molecule has 1 saturated heterocycles. The molecule has 0 bridgehead atoms. The minimum Gasteiger partial charge on any atom is -0.507 e. The lowest BCUT2D eigenvalue weighted by Crippen LogP contribution is -2.29. The number of aliphatic hydroxyl groups excluding tert-OH is 1. The maximum atomic E-state index is 13.3. The molecule has 0 aliphatic carbocycles. The third kappa shape index (κ3) is 4.00. The highest BCUT2D eigenvalue weighted by atomic mass is 32.1. The van der Waals surface area contributed by atoms with Crippen LogP contribution in [0.1, 0.15) is 34.5 Å². The molecule has 33 heavy (non-hydrogen) atoms. The molecule has 1 aromatic heterocycles. The Bertz CT molecular complexity index is 1250. The maximum Gasteiger partial charge on any atom is 0.300 e. The largest absolute Gasteiger partial charge is 0.507 e. The molecule has 2 aromatic carbocycles.